The van der Waals surface area contributed by atoms with Crippen molar-refractivity contribution in [1.29, 1.82) is 0 Å². The number of carbonyl (C=O) groups excluding carboxylic acids is 2. The summed E-state index contributed by atoms with van der Waals surface area (Å²) in [7, 11) is 1.65. The van der Waals surface area contributed by atoms with Gasteiger partial charge in [0.25, 0.3) is 17.5 Å². The van der Waals surface area contributed by atoms with E-state index in [2.05, 4.69) is 33.7 Å². The van der Waals surface area contributed by atoms with Crippen LogP contribution in [0.2, 0.25) is 0 Å². The van der Waals surface area contributed by atoms with Crippen LogP contribution in [0.3, 0.4) is 0 Å². The van der Waals surface area contributed by atoms with Crippen molar-refractivity contribution >= 4 is 29.4 Å². The number of nitrogens with zero attached hydrogens (tertiary/aromatic N) is 5. The van der Waals surface area contributed by atoms with Crippen molar-refractivity contribution in [3.8, 4) is 11.1 Å². The van der Waals surface area contributed by atoms with Gasteiger partial charge in [0.1, 0.15) is 29.6 Å². The highest BCUT2D eigenvalue weighted by atomic mass is 16.5. The average Bonchev–Trinajstić information content (AvgIpc) is 3.57. The van der Waals surface area contributed by atoms with Crippen molar-refractivity contribution in [2.45, 2.75) is 53.7 Å². The second-order valence-electron chi connectivity index (χ2n) is 11.5. The fourth-order valence-electron chi connectivity index (χ4n) is 5.89. The summed E-state index contributed by atoms with van der Waals surface area (Å²) >= 11 is 0. The van der Waals surface area contributed by atoms with E-state index in [9.17, 15) is 14.4 Å². The SMILES string of the molecule is CC(=O)OCc1c(-c2cc(Nc3ncc(C)o3)c(=O)n(C)c2)ccnc1N1CCn2c(cc3c2CC(C)(C)C3)C1=O. The number of aryl methyl sites for hydroxylation is 2. The van der Waals surface area contributed by atoms with Crippen LogP contribution in [0.25, 0.3) is 11.1 Å². The minimum absolute atomic E-state index is 0.0894. The number of nitrogens with one attached hydrogen (secondary N) is 1. The van der Waals surface area contributed by atoms with Gasteiger partial charge in [-0.15, -0.1) is 0 Å². The van der Waals surface area contributed by atoms with Gasteiger partial charge in [-0.2, -0.15) is 0 Å². The summed E-state index contributed by atoms with van der Waals surface area (Å²) in [5.74, 6) is 0.438. The molecule has 11 heteroatoms. The molecule has 41 heavy (non-hydrogen) atoms. The van der Waals surface area contributed by atoms with Crippen LogP contribution in [-0.4, -0.2) is 37.5 Å². The van der Waals surface area contributed by atoms with Crippen molar-refractivity contribution in [2.24, 2.45) is 12.5 Å². The van der Waals surface area contributed by atoms with Gasteiger partial charge >= 0.3 is 5.97 Å². The number of hydrogen-bond acceptors (Lipinski definition) is 8. The van der Waals surface area contributed by atoms with E-state index in [-0.39, 0.29) is 35.2 Å². The topological polar surface area (TPSA) is 124 Å². The van der Waals surface area contributed by atoms with Crippen molar-refractivity contribution < 1.29 is 18.7 Å². The Bertz CT molecular complexity index is 1760. The molecule has 2 aliphatic rings. The molecule has 0 unspecified atom stereocenters. The molecule has 0 atom stereocenters. The lowest BCUT2D eigenvalue weighted by atomic mass is 9.90. The van der Waals surface area contributed by atoms with E-state index in [4.69, 9.17) is 9.15 Å². The molecule has 11 nitrogen and oxygen atoms in total. The number of ether oxygens (including phenoxy) is 1. The maximum Gasteiger partial charge on any atom is 0.302 e. The number of fused-ring (bicyclic) bond motifs is 3. The number of hydrogen-bond donors (Lipinski definition) is 1. The minimum atomic E-state index is -0.453. The Labute approximate surface area is 236 Å². The molecule has 5 heterocycles. The van der Waals surface area contributed by atoms with Crippen LogP contribution >= 0.6 is 0 Å². The smallest absolute Gasteiger partial charge is 0.302 e. The molecular weight excluding hydrogens is 524 g/mol. The number of carbonyl (C=O) groups is 2. The fourth-order valence-corrected chi connectivity index (χ4v) is 5.89. The summed E-state index contributed by atoms with van der Waals surface area (Å²) in [6.45, 7) is 8.59. The number of oxazole rings is 1. The Balaban J connectivity index is 1.42. The zero-order chi connectivity index (χ0) is 29.1. The zero-order valence-corrected chi connectivity index (χ0v) is 23.8. The van der Waals surface area contributed by atoms with Gasteiger partial charge in [0.15, 0.2) is 0 Å². The molecule has 1 aliphatic heterocycles. The van der Waals surface area contributed by atoms with Crippen LogP contribution in [0.5, 0.6) is 0 Å². The quantitative estimate of drug-likeness (QED) is 0.352. The van der Waals surface area contributed by atoms with Gasteiger partial charge < -0.3 is 23.6 Å². The van der Waals surface area contributed by atoms with E-state index >= 15 is 0 Å². The number of pyridine rings is 2. The molecule has 0 fully saturated rings. The van der Waals surface area contributed by atoms with Crippen LogP contribution < -0.4 is 15.8 Å². The molecule has 4 aromatic rings. The summed E-state index contributed by atoms with van der Waals surface area (Å²) in [6, 6.07) is 5.69. The lowest BCUT2D eigenvalue weighted by molar-refractivity contribution is -0.142. The van der Waals surface area contributed by atoms with Gasteiger partial charge in [0.2, 0.25) is 0 Å². The van der Waals surface area contributed by atoms with E-state index in [1.54, 1.807) is 49.6 Å². The molecule has 1 N–H and O–H groups in total. The molecule has 212 valence electrons. The van der Waals surface area contributed by atoms with Gasteiger partial charge in [-0.1, -0.05) is 13.8 Å². The second kappa shape index (κ2) is 9.76. The van der Waals surface area contributed by atoms with E-state index in [1.165, 1.54) is 22.7 Å². The van der Waals surface area contributed by atoms with Gasteiger partial charge in [-0.25, -0.2) is 9.97 Å². The maximum atomic E-state index is 13.9. The summed E-state index contributed by atoms with van der Waals surface area (Å²) < 4.78 is 14.6. The third kappa shape index (κ3) is 4.81. The molecule has 0 aromatic carbocycles. The van der Waals surface area contributed by atoms with Gasteiger partial charge in [0.05, 0.1) is 6.20 Å². The van der Waals surface area contributed by atoms with Crippen LogP contribution in [-0.2, 0) is 42.6 Å². The minimum Gasteiger partial charge on any atom is -0.461 e. The molecule has 0 spiro atoms. The molecule has 1 amide bonds. The van der Waals surface area contributed by atoms with E-state index in [0.29, 0.717) is 47.1 Å². The first-order valence-corrected chi connectivity index (χ1v) is 13.6. The Morgan fingerprint density at radius 2 is 1.98 bits per heavy atom. The van der Waals surface area contributed by atoms with Crippen LogP contribution in [0.1, 0.15) is 53.8 Å². The second-order valence-corrected chi connectivity index (χ2v) is 11.5. The Kier molecular flexibility index (Phi) is 6.32. The lowest BCUT2D eigenvalue weighted by Crippen LogP contribution is -2.41. The van der Waals surface area contributed by atoms with E-state index in [1.807, 2.05) is 6.07 Å². The Morgan fingerprint density at radius 3 is 2.71 bits per heavy atom. The summed E-state index contributed by atoms with van der Waals surface area (Å²) in [6.07, 6.45) is 6.76. The predicted octanol–water partition coefficient (Wildman–Crippen LogP) is 4.14. The molecule has 1 aliphatic carbocycles. The molecular formula is C30H32N6O5. The molecule has 6 rings (SSSR count). The largest absolute Gasteiger partial charge is 0.461 e. The lowest BCUT2D eigenvalue weighted by Gasteiger charge is -2.31. The molecule has 4 aromatic heterocycles. The number of rotatable bonds is 6. The number of anilines is 3. The average molecular weight is 557 g/mol. The molecule has 0 saturated heterocycles. The first kappa shape index (κ1) is 26.5. The first-order valence-electron chi connectivity index (χ1n) is 13.6. The van der Waals surface area contributed by atoms with Crippen molar-refractivity contribution in [3.63, 3.8) is 0 Å². The third-order valence-corrected chi connectivity index (χ3v) is 7.69. The highest BCUT2D eigenvalue weighted by molar-refractivity contribution is 6.06. The van der Waals surface area contributed by atoms with Gasteiger partial charge in [-0.3, -0.25) is 19.3 Å². The number of amides is 1. The summed E-state index contributed by atoms with van der Waals surface area (Å²) in [5, 5.41) is 2.95. The number of esters is 1. The third-order valence-electron chi connectivity index (χ3n) is 7.69. The monoisotopic (exact) mass is 556 g/mol. The van der Waals surface area contributed by atoms with Crippen molar-refractivity contribution in [1.82, 2.24) is 19.1 Å². The highest BCUT2D eigenvalue weighted by Crippen LogP contribution is 2.40. The molecule has 0 bridgehead atoms. The predicted molar refractivity (Wildman–Crippen MR) is 152 cm³/mol. The van der Waals surface area contributed by atoms with Crippen molar-refractivity contribution in [2.75, 3.05) is 16.8 Å². The Morgan fingerprint density at radius 1 is 1.17 bits per heavy atom. The highest BCUT2D eigenvalue weighted by Gasteiger charge is 2.37. The zero-order valence-electron chi connectivity index (χ0n) is 23.8. The molecule has 0 radical (unpaired) electrons. The number of aromatic nitrogens is 4. The van der Waals surface area contributed by atoms with Gasteiger partial charge in [0, 0.05) is 56.3 Å². The van der Waals surface area contributed by atoms with Crippen LogP contribution in [0.15, 0.2) is 46.0 Å². The normalized spacial score (nSPS) is 15.5. The van der Waals surface area contributed by atoms with Crippen LogP contribution in [0, 0.1) is 12.3 Å². The molecule has 0 saturated carbocycles. The van der Waals surface area contributed by atoms with Crippen molar-refractivity contribution in [3.05, 3.63) is 75.4 Å². The van der Waals surface area contributed by atoms with E-state index < -0.39 is 5.97 Å². The summed E-state index contributed by atoms with van der Waals surface area (Å²) in [5.41, 5.74) is 5.21. The maximum absolute atomic E-state index is 13.9. The van der Waals surface area contributed by atoms with Gasteiger partial charge in [-0.05, 0) is 54.5 Å². The Hall–Kier alpha value is -4.67. The van der Waals surface area contributed by atoms with Crippen LogP contribution in [0.4, 0.5) is 17.5 Å². The standard InChI is InChI=1S/C30H32N6O5/c1-17-14-32-29(41-17)33-23-10-20(15-34(5)27(23)38)21-6-7-31-26(22(21)16-40-18(2)37)36-9-8-35-24(28(36)39)11-19-12-30(3,4)13-25(19)35/h6-7,10-11,14-15H,8-9,12-13,16H2,1-5H3,(H,32,33). The van der Waals surface area contributed by atoms with E-state index in [0.717, 1.165) is 12.8 Å². The summed E-state index contributed by atoms with van der Waals surface area (Å²) in [4.78, 5) is 49.1. The first-order chi connectivity index (χ1) is 19.5. The fraction of sp³-hybridized carbons (Fsp3) is 0.367.